The van der Waals surface area contributed by atoms with Crippen LogP contribution in [0.4, 0.5) is 0 Å². The molecule has 3 aliphatic carbocycles. The third-order valence-electron chi connectivity index (χ3n) is 5.94. The van der Waals surface area contributed by atoms with Crippen molar-refractivity contribution in [2.45, 2.75) is 25.4 Å². The SMILES string of the molecule is COCCOc1ccccc1C(O)C1C2C3CCC(C3)C21. The molecule has 4 rings (SSSR count). The van der Waals surface area contributed by atoms with Gasteiger partial charge in [-0.1, -0.05) is 18.2 Å². The third kappa shape index (κ3) is 2.18. The summed E-state index contributed by atoms with van der Waals surface area (Å²) < 4.78 is 10.8. The third-order valence-corrected chi connectivity index (χ3v) is 5.94. The number of fused-ring (bicyclic) bond motifs is 5. The van der Waals surface area contributed by atoms with Crippen LogP contribution < -0.4 is 4.74 Å². The quantitative estimate of drug-likeness (QED) is 0.818. The van der Waals surface area contributed by atoms with Crippen LogP contribution in [0.25, 0.3) is 0 Å². The molecular formula is C18H24O3. The molecule has 5 unspecified atom stereocenters. The van der Waals surface area contributed by atoms with Crippen molar-refractivity contribution < 1.29 is 14.6 Å². The Labute approximate surface area is 126 Å². The number of para-hydroxylation sites is 1. The predicted octanol–water partition coefficient (Wildman–Crippen LogP) is 3.04. The monoisotopic (exact) mass is 288 g/mol. The van der Waals surface area contributed by atoms with Crippen molar-refractivity contribution in [1.29, 1.82) is 0 Å². The summed E-state index contributed by atoms with van der Waals surface area (Å²) in [6, 6.07) is 7.94. The van der Waals surface area contributed by atoms with E-state index in [1.807, 2.05) is 24.3 Å². The normalized spacial score (nSPS) is 37.3. The minimum absolute atomic E-state index is 0.359. The van der Waals surface area contributed by atoms with Crippen molar-refractivity contribution in [1.82, 2.24) is 0 Å². The number of hydrogen-bond donors (Lipinski definition) is 1. The molecule has 1 N–H and O–H groups in total. The fourth-order valence-electron chi connectivity index (χ4n) is 5.11. The Morgan fingerprint density at radius 3 is 2.57 bits per heavy atom. The molecule has 1 aromatic carbocycles. The molecule has 3 aliphatic rings. The number of ether oxygens (including phenoxy) is 2. The predicted molar refractivity (Wildman–Crippen MR) is 80.1 cm³/mol. The smallest absolute Gasteiger partial charge is 0.125 e. The Balaban J connectivity index is 1.49. The molecule has 0 heterocycles. The molecule has 0 aliphatic heterocycles. The minimum Gasteiger partial charge on any atom is -0.491 e. The largest absolute Gasteiger partial charge is 0.491 e. The average molecular weight is 288 g/mol. The van der Waals surface area contributed by atoms with Crippen LogP contribution in [0.2, 0.25) is 0 Å². The van der Waals surface area contributed by atoms with Crippen molar-refractivity contribution in [3.63, 3.8) is 0 Å². The first-order chi connectivity index (χ1) is 10.3. The molecule has 3 fully saturated rings. The van der Waals surface area contributed by atoms with Gasteiger partial charge in [0.1, 0.15) is 12.4 Å². The van der Waals surface area contributed by atoms with Gasteiger partial charge < -0.3 is 14.6 Å². The van der Waals surface area contributed by atoms with E-state index in [9.17, 15) is 5.11 Å². The lowest BCUT2D eigenvalue weighted by atomic mass is 9.94. The number of benzene rings is 1. The molecule has 3 nitrogen and oxygen atoms in total. The number of aliphatic hydroxyl groups excluding tert-OH is 1. The first-order valence-electron chi connectivity index (χ1n) is 8.20. The molecular weight excluding hydrogens is 264 g/mol. The summed E-state index contributed by atoms with van der Waals surface area (Å²) in [5.74, 6) is 4.64. The first-order valence-corrected chi connectivity index (χ1v) is 8.20. The lowest BCUT2D eigenvalue weighted by Gasteiger charge is -2.19. The van der Waals surface area contributed by atoms with Gasteiger partial charge in [-0.3, -0.25) is 0 Å². The van der Waals surface area contributed by atoms with E-state index in [-0.39, 0.29) is 6.10 Å². The van der Waals surface area contributed by atoms with Crippen LogP contribution in [0.3, 0.4) is 0 Å². The van der Waals surface area contributed by atoms with Gasteiger partial charge in [0, 0.05) is 12.7 Å². The van der Waals surface area contributed by atoms with E-state index in [4.69, 9.17) is 9.47 Å². The van der Waals surface area contributed by atoms with Crippen LogP contribution in [-0.4, -0.2) is 25.4 Å². The van der Waals surface area contributed by atoms with Gasteiger partial charge in [0.2, 0.25) is 0 Å². The van der Waals surface area contributed by atoms with E-state index in [2.05, 4.69) is 0 Å². The zero-order valence-corrected chi connectivity index (χ0v) is 12.6. The van der Waals surface area contributed by atoms with Gasteiger partial charge in [-0.25, -0.2) is 0 Å². The summed E-state index contributed by atoms with van der Waals surface area (Å²) in [5.41, 5.74) is 0.965. The molecule has 0 aromatic heterocycles. The molecule has 21 heavy (non-hydrogen) atoms. The summed E-state index contributed by atoms with van der Waals surface area (Å²) in [5, 5.41) is 10.9. The average Bonchev–Trinajstić information content (AvgIpc) is 2.94. The Kier molecular flexibility index (Phi) is 3.43. The van der Waals surface area contributed by atoms with E-state index in [1.165, 1.54) is 19.3 Å². The fourth-order valence-corrected chi connectivity index (χ4v) is 5.11. The van der Waals surface area contributed by atoms with Gasteiger partial charge in [-0.15, -0.1) is 0 Å². The lowest BCUT2D eigenvalue weighted by Crippen LogP contribution is -2.11. The molecule has 3 saturated carbocycles. The summed E-state index contributed by atoms with van der Waals surface area (Å²) in [6.45, 7) is 1.10. The highest BCUT2D eigenvalue weighted by Crippen LogP contribution is 2.72. The molecule has 0 spiro atoms. The topological polar surface area (TPSA) is 38.7 Å². The highest BCUT2D eigenvalue weighted by atomic mass is 16.5. The van der Waals surface area contributed by atoms with Gasteiger partial charge in [-0.05, 0) is 54.9 Å². The second-order valence-electron chi connectivity index (χ2n) is 6.89. The standard InChI is InChI=1S/C18H24O3/c1-20-8-9-21-14-5-3-2-4-13(14)18(19)17-15-11-6-7-12(10-11)16(15)17/h2-5,11-12,15-19H,6-10H2,1H3. The van der Waals surface area contributed by atoms with Crippen LogP contribution in [0, 0.1) is 29.6 Å². The first kappa shape index (κ1) is 13.6. The van der Waals surface area contributed by atoms with Crippen molar-refractivity contribution in [2.75, 3.05) is 20.3 Å². The molecule has 5 atom stereocenters. The van der Waals surface area contributed by atoms with Gasteiger partial charge in [0.25, 0.3) is 0 Å². The number of aliphatic hydroxyl groups is 1. The number of methoxy groups -OCH3 is 1. The maximum absolute atomic E-state index is 10.9. The van der Waals surface area contributed by atoms with Crippen LogP contribution in [0.5, 0.6) is 5.75 Å². The van der Waals surface area contributed by atoms with E-state index in [0.29, 0.717) is 19.1 Å². The number of rotatable bonds is 6. The maximum Gasteiger partial charge on any atom is 0.125 e. The minimum atomic E-state index is -0.359. The van der Waals surface area contributed by atoms with E-state index >= 15 is 0 Å². The summed E-state index contributed by atoms with van der Waals surface area (Å²) in [7, 11) is 1.67. The van der Waals surface area contributed by atoms with Crippen molar-refractivity contribution in [3.8, 4) is 5.75 Å². The van der Waals surface area contributed by atoms with Gasteiger partial charge in [0.05, 0.1) is 12.7 Å². The van der Waals surface area contributed by atoms with Crippen LogP contribution in [-0.2, 0) is 4.74 Å². The summed E-state index contributed by atoms with van der Waals surface area (Å²) >= 11 is 0. The fraction of sp³-hybridized carbons (Fsp3) is 0.667. The molecule has 114 valence electrons. The van der Waals surface area contributed by atoms with Gasteiger partial charge in [-0.2, -0.15) is 0 Å². The highest BCUT2D eigenvalue weighted by molar-refractivity contribution is 5.37. The van der Waals surface area contributed by atoms with E-state index in [0.717, 1.165) is 35.0 Å². The zero-order chi connectivity index (χ0) is 14.4. The van der Waals surface area contributed by atoms with Gasteiger partial charge >= 0.3 is 0 Å². The van der Waals surface area contributed by atoms with Crippen molar-refractivity contribution in [2.24, 2.45) is 29.6 Å². The Bertz CT molecular complexity index is 499. The van der Waals surface area contributed by atoms with E-state index in [1.54, 1.807) is 7.11 Å². The van der Waals surface area contributed by atoms with Gasteiger partial charge in [0.15, 0.2) is 0 Å². The Morgan fingerprint density at radius 2 is 1.86 bits per heavy atom. The lowest BCUT2D eigenvalue weighted by molar-refractivity contribution is 0.118. The Hall–Kier alpha value is -1.06. The summed E-state index contributed by atoms with van der Waals surface area (Å²) in [4.78, 5) is 0. The highest BCUT2D eigenvalue weighted by Gasteiger charge is 2.66. The molecule has 0 saturated heterocycles. The molecule has 1 aromatic rings. The molecule has 0 radical (unpaired) electrons. The second kappa shape index (κ2) is 5.29. The Morgan fingerprint density at radius 1 is 1.14 bits per heavy atom. The van der Waals surface area contributed by atoms with Crippen molar-refractivity contribution >= 4 is 0 Å². The van der Waals surface area contributed by atoms with Crippen molar-refractivity contribution in [3.05, 3.63) is 29.8 Å². The number of hydrogen-bond acceptors (Lipinski definition) is 3. The van der Waals surface area contributed by atoms with Crippen LogP contribution >= 0.6 is 0 Å². The summed E-state index contributed by atoms with van der Waals surface area (Å²) in [6.07, 6.45) is 3.84. The molecule has 0 amide bonds. The van der Waals surface area contributed by atoms with E-state index < -0.39 is 0 Å². The second-order valence-corrected chi connectivity index (χ2v) is 6.89. The molecule has 3 heteroatoms. The maximum atomic E-state index is 10.9. The zero-order valence-electron chi connectivity index (χ0n) is 12.6. The van der Waals surface area contributed by atoms with Crippen LogP contribution in [0.15, 0.2) is 24.3 Å². The molecule has 2 bridgehead atoms. The van der Waals surface area contributed by atoms with Crippen LogP contribution in [0.1, 0.15) is 30.9 Å².